The van der Waals surface area contributed by atoms with Crippen LogP contribution in [0.1, 0.15) is 37.1 Å². The van der Waals surface area contributed by atoms with Crippen molar-refractivity contribution in [3.63, 3.8) is 0 Å². The number of nitrogens with zero attached hydrogens (tertiary/aromatic N) is 2. The Hall–Kier alpha value is -0.870. The topological polar surface area (TPSA) is 49.5 Å². The molecule has 0 amide bonds. The minimum atomic E-state index is -0.480. The van der Waals surface area contributed by atoms with Crippen LogP contribution in [0.5, 0.6) is 0 Å². The number of hydrogen-bond acceptors (Lipinski definition) is 4. The van der Waals surface area contributed by atoms with Crippen LogP contribution in [0, 0.1) is 6.92 Å². The molecule has 4 heteroatoms. The minimum Gasteiger partial charge on any atom is -0.448 e. The van der Waals surface area contributed by atoms with E-state index in [4.69, 9.17) is 4.42 Å². The highest BCUT2D eigenvalue weighted by Gasteiger charge is 2.32. The third-order valence-electron chi connectivity index (χ3n) is 3.36. The first-order chi connectivity index (χ1) is 7.59. The Kier molecular flexibility index (Phi) is 3.30. The van der Waals surface area contributed by atoms with Gasteiger partial charge in [0.2, 0.25) is 0 Å². The second-order valence-electron chi connectivity index (χ2n) is 4.96. The molecule has 0 atom stereocenters. The fourth-order valence-corrected chi connectivity index (χ4v) is 2.49. The Morgan fingerprint density at radius 1 is 1.50 bits per heavy atom. The second-order valence-corrected chi connectivity index (χ2v) is 4.96. The van der Waals surface area contributed by atoms with Gasteiger partial charge in [0.15, 0.2) is 6.39 Å². The van der Waals surface area contributed by atoms with E-state index in [1.165, 1.54) is 6.39 Å². The van der Waals surface area contributed by atoms with Gasteiger partial charge in [-0.15, -0.1) is 0 Å². The minimum absolute atomic E-state index is 0.480. The summed E-state index contributed by atoms with van der Waals surface area (Å²) in [5.41, 5.74) is 0.482. The van der Waals surface area contributed by atoms with Crippen molar-refractivity contribution in [1.82, 2.24) is 9.88 Å². The average Bonchev–Trinajstić information content (AvgIpc) is 2.77. The SMILES string of the molecule is Cc1ocnc1CN(C)CC1(O)CCCC1. The molecule has 90 valence electrons. The van der Waals surface area contributed by atoms with E-state index >= 15 is 0 Å². The van der Waals surface area contributed by atoms with E-state index in [1.54, 1.807) is 0 Å². The van der Waals surface area contributed by atoms with Gasteiger partial charge in [0.1, 0.15) is 5.76 Å². The summed E-state index contributed by atoms with van der Waals surface area (Å²) in [6.07, 6.45) is 5.62. The molecule has 1 heterocycles. The van der Waals surface area contributed by atoms with Crippen LogP contribution in [0.3, 0.4) is 0 Å². The molecule has 1 aromatic heterocycles. The fraction of sp³-hybridized carbons (Fsp3) is 0.750. The van der Waals surface area contributed by atoms with Gasteiger partial charge in [-0.3, -0.25) is 4.90 Å². The molecule has 0 aromatic carbocycles. The van der Waals surface area contributed by atoms with Crippen LogP contribution >= 0.6 is 0 Å². The number of aliphatic hydroxyl groups is 1. The summed E-state index contributed by atoms with van der Waals surface area (Å²) < 4.78 is 5.16. The number of rotatable bonds is 4. The van der Waals surface area contributed by atoms with E-state index in [9.17, 15) is 5.11 Å². The molecule has 0 unspecified atom stereocenters. The number of aryl methyl sites for hydroxylation is 1. The van der Waals surface area contributed by atoms with E-state index in [2.05, 4.69) is 9.88 Å². The molecular weight excluding hydrogens is 204 g/mol. The Morgan fingerprint density at radius 2 is 2.19 bits per heavy atom. The predicted molar refractivity (Wildman–Crippen MR) is 61.0 cm³/mol. The monoisotopic (exact) mass is 224 g/mol. The molecule has 0 radical (unpaired) electrons. The standard InChI is InChI=1S/C12H20N2O2/c1-10-11(13-9-16-10)7-14(2)8-12(15)5-3-4-6-12/h9,15H,3-8H2,1-2H3. The van der Waals surface area contributed by atoms with Crippen LogP contribution in [0.2, 0.25) is 0 Å². The third-order valence-corrected chi connectivity index (χ3v) is 3.36. The normalized spacial score (nSPS) is 19.5. The van der Waals surface area contributed by atoms with E-state index in [0.29, 0.717) is 0 Å². The molecule has 1 aliphatic rings. The molecule has 1 N–H and O–H groups in total. The van der Waals surface area contributed by atoms with Crippen molar-refractivity contribution >= 4 is 0 Å². The Bertz CT molecular complexity index is 343. The van der Waals surface area contributed by atoms with E-state index in [1.807, 2.05) is 14.0 Å². The highest BCUT2D eigenvalue weighted by Crippen LogP contribution is 2.30. The maximum absolute atomic E-state index is 10.3. The molecule has 1 aliphatic carbocycles. The second kappa shape index (κ2) is 4.55. The number of hydrogen-bond donors (Lipinski definition) is 1. The summed E-state index contributed by atoms with van der Waals surface area (Å²) in [7, 11) is 2.02. The number of likely N-dealkylation sites (N-methyl/N-ethyl adjacent to an activating group) is 1. The van der Waals surface area contributed by atoms with Crippen molar-refractivity contribution in [1.29, 1.82) is 0 Å². The summed E-state index contributed by atoms with van der Waals surface area (Å²) in [5.74, 6) is 0.866. The zero-order chi connectivity index (χ0) is 11.6. The van der Waals surface area contributed by atoms with Crippen molar-refractivity contribution < 1.29 is 9.52 Å². The first-order valence-electron chi connectivity index (χ1n) is 5.89. The number of aromatic nitrogens is 1. The zero-order valence-corrected chi connectivity index (χ0v) is 10.1. The van der Waals surface area contributed by atoms with Gasteiger partial charge in [0, 0.05) is 13.1 Å². The molecule has 2 rings (SSSR count). The van der Waals surface area contributed by atoms with Crippen LogP contribution < -0.4 is 0 Å². The van der Waals surface area contributed by atoms with Gasteiger partial charge in [-0.2, -0.15) is 0 Å². The quantitative estimate of drug-likeness (QED) is 0.846. The lowest BCUT2D eigenvalue weighted by Gasteiger charge is -2.28. The first kappa shape index (κ1) is 11.6. The van der Waals surface area contributed by atoms with Crippen LogP contribution in [-0.4, -0.2) is 34.2 Å². The molecular formula is C12H20N2O2. The third kappa shape index (κ3) is 2.62. The van der Waals surface area contributed by atoms with Gasteiger partial charge in [-0.05, 0) is 26.8 Å². The summed E-state index contributed by atoms with van der Waals surface area (Å²) in [4.78, 5) is 6.28. The van der Waals surface area contributed by atoms with Crippen molar-refractivity contribution in [2.75, 3.05) is 13.6 Å². The Morgan fingerprint density at radius 3 is 2.75 bits per heavy atom. The van der Waals surface area contributed by atoms with Crippen molar-refractivity contribution in [2.24, 2.45) is 0 Å². The smallest absolute Gasteiger partial charge is 0.181 e. The maximum atomic E-state index is 10.3. The summed E-state index contributed by atoms with van der Waals surface area (Å²) in [6.45, 7) is 3.38. The van der Waals surface area contributed by atoms with Crippen molar-refractivity contribution in [3.05, 3.63) is 17.8 Å². The van der Waals surface area contributed by atoms with Crippen LogP contribution in [0.4, 0.5) is 0 Å². The Labute approximate surface area is 96.3 Å². The first-order valence-corrected chi connectivity index (χ1v) is 5.89. The van der Waals surface area contributed by atoms with Gasteiger partial charge >= 0.3 is 0 Å². The van der Waals surface area contributed by atoms with Crippen molar-refractivity contribution in [2.45, 2.75) is 44.8 Å². The molecule has 0 spiro atoms. The van der Waals surface area contributed by atoms with Crippen molar-refractivity contribution in [3.8, 4) is 0 Å². The molecule has 0 aliphatic heterocycles. The Balaban J connectivity index is 1.89. The van der Waals surface area contributed by atoms with Crippen LogP contribution in [0.25, 0.3) is 0 Å². The molecule has 1 fully saturated rings. The summed E-state index contributed by atoms with van der Waals surface area (Å²) in [5, 5.41) is 10.3. The average molecular weight is 224 g/mol. The predicted octanol–water partition coefficient (Wildman–Crippen LogP) is 1.72. The van der Waals surface area contributed by atoms with Gasteiger partial charge < -0.3 is 9.52 Å². The van der Waals surface area contributed by atoms with Gasteiger partial charge in [-0.1, -0.05) is 12.8 Å². The van der Waals surface area contributed by atoms with Crippen LogP contribution in [0.15, 0.2) is 10.8 Å². The largest absolute Gasteiger partial charge is 0.448 e. The zero-order valence-electron chi connectivity index (χ0n) is 10.1. The lowest BCUT2D eigenvalue weighted by Crippen LogP contribution is -2.38. The molecule has 1 aromatic rings. The van der Waals surface area contributed by atoms with Gasteiger partial charge in [0.05, 0.1) is 11.3 Å². The van der Waals surface area contributed by atoms with Crippen LogP contribution in [-0.2, 0) is 6.54 Å². The highest BCUT2D eigenvalue weighted by molar-refractivity contribution is 5.04. The number of oxazole rings is 1. The maximum Gasteiger partial charge on any atom is 0.181 e. The summed E-state index contributed by atoms with van der Waals surface area (Å²) in [6, 6.07) is 0. The molecule has 4 nitrogen and oxygen atoms in total. The lowest BCUT2D eigenvalue weighted by atomic mass is 10.0. The summed E-state index contributed by atoms with van der Waals surface area (Å²) >= 11 is 0. The highest BCUT2D eigenvalue weighted by atomic mass is 16.3. The molecule has 1 saturated carbocycles. The van der Waals surface area contributed by atoms with Gasteiger partial charge in [0.25, 0.3) is 0 Å². The van der Waals surface area contributed by atoms with Gasteiger partial charge in [-0.25, -0.2) is 4.98 Å². The fourth-order valence-electron chi connectivity index (χ4n) is 2.49. The lowest BCUT2D eigenvalue weighted by molar-refractivity contribution is 0.0142. The molecule has 0 bridgehead atoms. The molecule has 0 saturated heterocycles. The van der Waals surface area contributed by atoms with E-state index in [-0.39, 0.29) is 0 Å². The molecule has 16 heavy (non-hydrogen) atoms. The van der Waals surface area contributed by atoms with E-state index in [0.717, 1.165) is 50.2 Å². The van der Waals surface area contributed by atoms with E-state index < -0.39 is 5.60 Å².